The van der Waals surface area contributed by atoms with Crippen LogP contribution in [0.2, 0.25) is 0 Å². The summed E-state index contributed by atoms with van der Waals surface area (Å²) in [5.41, 5.74) is 1.17. The van der Waals surface area contributed by atoms with E-state index in [2.05, 4.69) is 39.9 Å². The Morgan fingerprint density at radius 2 is 1.92 bits per heavy atom. The number of hydrogen-bond donors (Lipinski definition) is 1. The van der Waals surface area contributed by atoms with Gasteiger partial charge in [-0.3, -0.25) is 9.69 Å². The molecule has 0 bridgehead atoms. The predicted octanol–water partition coefficient (Wildman–Crippen LogP) is 3.97. The fourth-order valence-corrected chi connectivity index (χ4v) is 5.35. The maximum Gasteiger partial charge on any atom is 0.224 e. The lowest BCUT2D eigenvalue weighted by Crippen LogP contribution is -2.52. The van der Waals surface area contributed by atoms with Crippen LogP contribution in [0.1, 0.15) is 44.1 Å². The van der Waals surface area contributed by atoms with Crippen LogP contribution in [0.4, 0.5) is 0 Å². The van der Waals surface area contributed by atoms with E-state index in [1.807, 2.05) is 0 Å². The molecule has 1 aliphatic carbocycles. The average Bonchev–Trinajstić information content (AvgIpc) is 3.26. The van der Waals surface area contributed by atoms with Gasteiger partial charge in [0.15, 0.2) is 0 Å². The smallest absolute Gasteiger partial charge is 0.224 e. The van der Waals surface area contributed by atoms with E-state index in [1.54, 1.807) is 11.3 Å². The first kappa shape index (κ1) is 16.1. The zero-order valence-corrected chi connectivity index (χ0v) is 15.0. The first-order valence-electron chi connectivity index (χ1n) is 9.30. The van der Waals surface area contributed by atoms with Crippen molar-refractivity contribution in [3.63, 3.8) is 0 Å². The summed E-state index contributed by atoms with van der Waals surface area (Å²) in [7, 11) is 0. The number of thiophene rings is 1. The Morgan fingerprint density at radius 1 is 1.12 bits per heavy atom. The summed E-state index contributed by atoms with van der Waals surface area (Å²) < 4.78 is 1.27. The molecule has 128 valence electrons. The summed E-state index contributed by atoms with van der Waals surface area (Å²) >= 11 is 1.73. The Hall–Kier alpha value is -1.39. The maximum absolute atomic E-state index is 12.7. The van der Waals surface area contributed by atoms with E-state index in [4.69, 9.17) is 0 Å². The molecule has 2 atom stereocenters. The number of hydrogen-bond acceptors (Lipinski definition) is 3. The van der Waals surface area contributed by atoms with Gasteiger partial charge in [0.2, 0.25) is 5.91 Å². The molecule has 2 fully saturated rings. The summed E-state index contributed by atoms with van der Waals surface area (Å²) in [5.74, 6) is 0.189. The highest BCUT2D eigenvalue weighted by Gasteiger charge is 2.32. The van der Waals surface area contributed by atoms with Crippen LogP contribution < -0.4 is 5.32 Å². The third kappa shape index (κ3) is 3.35. The molecule has 1 aromatic heterocycles. The quantitative estimate of drug-likeness (QED) is 0.912. The van der Waals surface area contributed by atoms with E-state index >= 15 is 0 Å². The van der Waals surface area contributed by atoms with Crippen molar-refractivity contribution in [2.45, 2.75) is 57.0 Å². The Balaban J connectivity index is 1.42. The van der Waals surface area contributed by atoms with E-state index in [1.165, 1.54) is 60.8 Å². The van der Waals surface area contributed by atoms with E-state index < -0.39 is 0 Å². The van der Waals surface area contributed by atoms with Crippen LogP contribution in [0.5, 0.6) is 0 Å². The van der Waals surface area contributed by atoms with E-state index in [9.17, 15) is 4.79 Å². The van der Waals surface area contributed by atoms with Crippen molar-refractivity contribution in [3.05, 3.63) is 35.2 Å². The summed E-state index contributed by atoms with van der Waals surface area (Å²) in [6.07, 6.45) is 8.08. The van der Waals surface area contributed by atoms with E-state index in [0.29, 0.717) is 18.5 Å². The highest BCUT2D eigenvalue weighted by Crippen LogP contribution is 2.28. The van der Waals surface area contributed by atoms with Gasteiger partial charge in [0.05, 0.1) is 6.42 Å². The Kier molecular flexibility index (Phi) is 4.86. The topological polar surface area (TPSA) is 32.3 Å². The second-order valence-corrected chi connectivity index (χ2v) is 8.11. The van der Waals surface area contributed by atoms with Crippen LogP contribution in [0.25, 0.3) is 10.1 Å². The Labute approximate surface area is 148 Å². The molecule has 1 saturated carbocycles. The van der Waals surface area contributed by atoms with Gasteiger partial charge in [-0.05, 0) is 61.2 Å². The van der Waals surface area contributed by atoms with Gasteiger partial charge >= 0.3 is 0 Å². The number of nitrogens with one attached hydrogen (secondary N) is 1. The van der Waals surface area contributed by atoms with Gasteiger partial charge in [0, 0.05) is 16.8 Å². The lowest BCUT2D eigenvalue weighted by atomic mass is 9.89. The van der Waals surface area contributed by atoms with Crippen molar-refractivity contribution in [2.75, 3.05) is 13.1 Å². The summed E-state index contributed by atoms with van der Waals surface area (Å²) in [4.78, 5) is 15.3. The molecular weight excluding hydrogens is 316 g/mol. The summed E-state index contributed by atoms with van der Waals surface area (Å²) in [5, 5.41) is 6.75. The average molecular weight is 343 g/mol. The van der Waals surface area contributed by atoms with Crippen molar-refractivity contribution < 1.29 is 4.79 Å². The first-order chi connectivity index (χ1) is 11.8. The number of amides is 1. The van der Waals surface area contributed by atoms with Crippen LogP contribution in [0.3, 0.4) is 0 Å². The first-order valence-corrected chi connectivity index (χ1v) is 10.2. The van der Waals surface area contributed by atoms with Gasteiger partial charge < -0.3 is 5.32 Å². The minimum absolute atomic E-state index is 0.189. The molecule has 2 unspecified atom stereocenters. The molecule has 0 radical (unpaired) electrons. The molecule has 4 rings (SSSR count). The summed E-state index contributed by atoms with van der Waals surface area (Å²) in [6, 6.07) is 9.28. The van der Waals surface area contributed by atoms with Crippen LogP contribution in [-0.2, 0) is 11.2 Å². The normalized spacial score (nSPS) is 25.2. The van der Waals surface area contributed by atoms with Crippen molar-refractivity contribution in [1.29, 1.82) is 0 Å². The monoisotopic (exact) mass is 342 g/mol. The number of nitrogens with zero attached hydrogens (tertiary/aromatic N) is 1. The molecule has 1 aliphatic heterocycles. The van der Waals surface area contributed by atoms with E-state index in [-0.39, 0.29) is 5.91 Å². The minimum atomic E-state index is 0.189. The largest absolute Gasteiger partial charge is 0.352 e. The predicted molar refractivity (Wildman–Crippen MR) is 101 cm³/mol. The maximum atomic E-state index is 12.7. The van der Waals surface area contributed by atoms with Crippen molar-refractivity contribution in [1.82, 2.24) is 10.2 Å². The zero-order chi connectivity index (χ0) is 16.4. The standard InChI is InChI=1S/C20H26N2OS/c23-20(13-15-14-24-19-10-4-1-7-16(15)19)21-17-8-2-3-9-18(17)22-11-5-6-12-22/h1,4,7,10,14,17-18H,2-3,5-6,8-9,11-13H2,(H,21,23). The van der Waals surface area contributed by atoms with Crippen LogP contribution in [0.15, 0.2) is 29.6 Å². The molecule has 1 N–H and O–H groups in total. The number of benzene rings is 1. The van der Waals surface area contributed by atoms with Crippen LogP contribution in [-0.4, -0.2) is 36.0 Å². The van der Waals surface area contributed by atoms with Gasteiger partial charge in [0.25, 0.3) is 0 Å². The molecule has 2 heterocycles. The number of carbonyl (C=O) groups excluding carboxylic acids is 1. The number of carbonyl (C=O) groups is 1. The fourth-order valence-electron chi connectivity index (χ4n) is 4.39. The van der Waals surface area contributed by atoms with Crippen molar-refractivity contribution in [2.24, 2.45) is 0 Å². The second-order valence-electron chi connectivity index (χ2n) is 7.20. The van der Waals surface area contributed by atoms with Gasteiger partial charge in [0.1, 0.15) is 0 Å². The van der Waals surface area contributed by atoms with Crippen molar-refractivity contribution in [3.8, 4) is 0 Å². The van der Waals surface area contributed by atoms with Crippen LogP contribution >= 0.6 is 11.3 Å². The van der Waals surface area contributed by atoms with Gasteiger partial charge in [-0.1, -0.05) is 31.0 Å². The molecule has 1 saturated heterocycles. The van der Waals surface area contributed by atoms with Crippen molar-refractivity contribution >= 4 is 27.3 Å². The third-order valence-corrected chi connectivity index (χ3v) is 6.61. The molecule has 2 aliphatic rings. The van der Waals surface area contributed by atoms with Crippen LogP contribution in [0, 0.1) is 0 Å². The fraction of sp³-hybridized carbons (Fsp3) is 0.550. The molecule has 1 amide bonds. The number of fused-ring (bicyclic) bond motifs is 1. The third-order valence-electron chi connectivity index (χ3n) is 5.60. The molecule has 2 aromatic rings. The molecule has 0 spiro atoms. The lowest BCUT2D eigenvalue weighted by Gasteiger charge is -2.38. The molecular formula is C20H26N2OS. The summed E-state index contributed by atoms with van der Waals surface area (Å²) in [6.45, 7) is 2.43. The molecule has 1 aromatic carbocycles. The van der Waals surface area contributed by atoms with Gasteiger partial charge in [-0.25, -0.2) is 0 Å². The molecule has 4 heteroatoms. The van der Waals surface area contributed by atoms with E-state index in [0.717, 1.165) is 6.42 Å². The van der Waals surface area contributed by atoms with Gasteiger partial charge in [-0.2, -0.15) is 0 Å². The SMILES string of the molecule is O=C(Cc1csc2ccccc12)NC1CCCCC1N1CCCC1. The van der Waals surface area contributed by atoms with Gasteiger partial charge in [-0.15, -0.1) is 11.3 Å². The lowest BCUT2D eigenvalue weighted by molar-refractivity contribution is -0.121. The number of rotatable bonds is 4. The molecule has 24 heavy (non-hydrogen) atoms. The molecule has 3 nitrogen and oxygen atoms in total. The Bertz CT molecular complexity index is 704. The highest BCUT2D eigenvalue weighted by atomic mass is 32.1. The second kappa shape index (κ2) is 7.24. The highest BCUT2D eigenvalue weighted by molar-refractivity contribution is 7.17. The Morgan fingerprint density at radius 3 is 2.79 bits per heavy atom. The number of likely N-dealkylation sites (tertiary alicyclic amines) is 1. The zero-order valence-electron chi connectivity index (χ0n) is 14.2. The minimum Gasteiger partial charge on any atom is -0.352 e.